The van der Waals surface area contributed by atoms with Crippen molar-refractivity contribution in [3.63, 3.8) is 0 Å². The van der Waals surface area contributed by atoms with Gasteiger partial charge < -0.3 is 0 Å². The SMILES string of the molecule is O=c1nc2c3ccccc3/c(=C\c3ccccc3)n2c2sc3c(c12)CCC3. The molecule has 0 saturated heterocycles. The first kappa shape index (κ1) is 15.1. The van der Waals surface area contributed by atoms with E-state index in [1.807, 2.05) is 30.3 Å². The highest BCUT2D eigenvalue weighted by molar-refractivity contribution is 7.19. The van der Waals surface area contributed by atoms with Crippen LogP contribution in [-0.2, 0) is 12.8 Å². The second-order valence-electron chi connectivity index (χ2n) is 7.10. The van der Waals surface area contributed by atoms with Crippen LogP contribution >= 0.6 is 11.3 Å². The Kier molecular flexibility index (Phi) is 3.08. The molecule has 0 fully saturated rings. The lowest BCUT2D eigenvalue weighted by atomic mass is 10.1. The Morgan fingerprint density at radius 1 is 0.963 bits per heavy atom. The second-order valence-corrected chi connectivity index (χ2v) is 8.18. The maximum atomic E-state index is 12.9. The molecule has 0 N–H and O–H groups in total. The molecule has 0 saturated carbocycles. The van der Waals surface area contributed by atoms with Gasteiger partial charge in [0.15, 0.2) is 5.65 Å². The van der Waals surface area contributed by atoms with E-state index in [2.05, 4.69) is 39.7 Å². The molecule has 3 nitrogen and oxygen atoms in total. The van der Waals surface area contributed by atoms with Crippen molar-refractivity contribution in [1.82, 2.24) is 9.38 Å². The van der Waals surface area contributed by atoms with Crippen molar-refractivity contribution >= 4 is 44.0 Å². The van der Waals surface area contributed by atoms with Crippen LogP contribution in [0.15, 0.2) is 59.4 Å². The van der Waals surface area contributed by atoms with E-state index in [4.69, 9.17) is 0 Å². The summed E-state index contributed by atoms with van der Waals surface area (Å²) in [7, 11) is 0. The predicted molar refractivity (Wildman–Crippen MR) is 112 cm³/mol. The molecule has 0 aliphatic heterocycles. The number of thiophene rings is 1. The van der Waals surface area contributed by atoms with Crippen LogP contribution in [0.3, 0.4) is 0 Å². The smallest absolute Gasteiger partial charge is 0.282 e. The Balaban J connectivity index is 1.89. The summed E-state index contributed by atoms with van der Waals surface area (Å²) in [5.41, 5.74) is 3.07. The Labute approximate surface area is 159 Å². The topological polar surface area (TPSA) is 34.4 Å². The van der Waals surface area contributed by atoms with Gasteiger partial charge in [-0.05, 0) is 36.5 Å². The number of hydrogen-bond donors (Lipinski definition) is 0. The Morgan fingerprint density at radius 3 is 2.59 bits per heavy atom. The van der Waals surface area contributed by atoms with Crippen LogP contribution in [0.4, 0.5) is 0 Å². The molecule has 27 heavy (non-hydrogen) atoms. The van der Waals surface area contributed by atoms with Gasteiger partial charge in [0.2, 0.25) is 0 Å². The normalized spacial score (nSPS) is 14.6. The van der Waals surface area contributed by atoms with E-state index in [9.17, 15) is 4.79 Å². The maximum absolute atomic E-state index is 12.9. The number of aryl methyl sites for hydroxylation is 2. The van der Waals surface area contributed by atoms with Gasteiger partial charge in [0, 0.05) is 15.6 Å². The first-order valence-electron chi connectivity index (χ1n) is 9.25. The molecule has 6 rings (SSSR count). The maximum Gasteiger partial charge on any atom is 0.282 e. The lowest BCUT2D eigenvalue weighted by molar-refractivity contribution is 0.916. The van der Waals surface area contributed by atoms with Gasteiger partial charge in [0.1, 0.15) is 4.83 Å². The Morgan fingerprint density at radius 2 is 1.74 bits per heavy atom. The zero-order chi connectivity index (χ0) is 18.0. The summed E-state index contributed by atoms with van der Waals surface area (Å²) in [5.74, 6) is 0. The van der Waals surface area contributed by atoms with Gasteiger partial charge in [-0.15, -0.1) is 11.3 Å². The molecule has 0 spiro atoms. The summed E-state index contributed by atoms with van der Waals surface area (Å²) in [5, 5.41) is 4.11. The minimum Gasteiger partial charge on any atom is -0.284 e. The summed E-state index contributed by atoms with van der Waals surface area (Å²) in [6.07, 6.45) is 5.42. The molecular weight excluding hydrogens is 352 g/mol. The molecule has 0 bridgehead atoms. The van der Waals surface area contributed by atoms with Crippen molar-refractivity contribution in [2.24, 2.45) is 0 Å². The van der Waals surface area contributed by atoms with E-state index in [0.717, 1.165) is 56.8 Å². The van der Waals surface area contributed by atoms with Crippen LogP contribution in [-0.4, -0.2) is 9.38 Å². The fourth-order valence-corrected chi connectivity index (χ4v) is 5.74. The first-order valence-corrected chi connectivity index (χ1v) is 10.1. The molecule has 130 valence electrons. The van der Waals surface area contributed by atoms with Crippen molar-refractivity contribution in [2.45, 2.75) is 19.3 Å². The van der Waals surface area contributed by atoms with Gasteiger partial charge in [0.25, 0.3) is 5.56 Å². The zero-order valence-electron chi connectivity index (χ0n) is 14.6. The number of nitrogens with zero attached hydrogens (tertiary/aromatic N) is 2. The fourth-order valence-electron chi connectivity index (χ4n) is 4.34. The van der Waals surface area contributed by atoms with Gasteiger partial charge in [-0.3, -0.25) is 9.20 Å². The van der Waals surface area contributed by atoms with Gasteiger partial charge in [-0.25, -0.2) is 0 Å². The molecule has 0 unspecified atom stereocenters. The third-order valence-electron chi connectivity index (χ3n) is 5.53. The molecule has 0 atom stereocenters. The average molecular weight is 368 g/mol. The molecule has 2 aromatic carbocycles. The molecular formula is C23H16N2OS. The van der Waals surface area contributed by atoms with E-state index in [1.165, 1.54) is 10.4 Å². The summed E-state index contributed by atoms with van der Waals surface area (Å²) < 4.78 is 2.21. The quantitative estimate of drug-likeness (QED) is 0.446. The standard InChI is InChI=1S/C23H16N2OS/c26-22-20-17-11-6-12-19(17)27-23(20)25-18(13-14-7-2-1-3-8-14)15-9-4-5-10-16(15)21(25)24-22/h1-5,7-10,13H,6,11-12H2/b18-13+. The Hall–Kier alpha value is -2.98. The average Bonchev–Trinajstić information content (AvgIpc) is 3.35. The molecule has 4 heteroatoms. The van der Waals surface area contributed by atoms with Gasteiger partial charge in [-0.2, -0.15) is 4.98 Å². The van der Waals surface area contributed by atoms with Gasteiger partial charge in [0.05, 0.1) is 10.7 Å². The summed E-state index contributed by atoms with van der Waals surface area (Å²) in [4.78, 5) is 19.8. The molecule has 0 radical (unpaired) electrons. The second kappa shape index (κ2) is 5.51. The largest absolute Gasteiger partial charge is 0.284 e. The lowest BCUT2D eigenvalue weighted by Crippen LogP contribution is -2.16. The van der Waals surface area contributed by atoms with Crippen molar-refractivity contribution < 1.29 is 0 Å². The number of hydrogen-bond acceptors (Lipinski definition) is 3. The van der Waals surface area contributed by atoms with Crippen molar-refractivity contribution in [3.05, 3.63) is 86.3 Å². The summed E-state index contributed by atoms with van der Waals surface area (Å²) in [6, 6.07) is 18.6. The van der Waals surface area contributed by atoms with Crippen LogP contribution in [0, 0.1) is 0 Å². The highest BCUT2D eigenvalue weighted by Gasteiger charge is 2.23. The molecule has 0 amide bonds. The highest BCUT2D eigenvalue weighted by atomic mass is 32.1. The van der Waals surface area contributed by atoms with E-state index in [-0.39, 0.29) is 5.56 Å². The highest BCUT2D eigenvalue weighted by Crippen LogP contribution is 2.36. The van der Waals surface area contributed by atoms with E-state index in [0.29, 0.717) is 0 Å². The van der Waals surface area contributed by atoms with Crippen LogP contribution in [0.1, 0.15) is 22.4 Å². The van der Waals surface area contributed by atoms with Crippen LogP contribution < -0.4 is 10.9 Å². The monoisotopic (exact) mass is 368 g/mol. The van der Waals surface area contributed by atoms with Crippen molar-refractivity contribution in [1.29, 1.82) is 0 Å². The molecule has 1 aliphatic carbocycles. The van der Waals surface area contributed by atoms with Crippen LogP contribution in [0.25, 0.3) is 32.7 Å². The van der Waals surface area contributed by atoms with Crippen LogP contribution in [0.5, 0.6) is 0 Å². The van der Waals surface area contributed by atoms with Gasteiger partial charge in [-0.1, -0.05) is 54.6 Å². The third kappa shape index (κ3) is 2.07. The molecule has 1 aliphatic rings. The number of benzene rings is 2. The minimum atomic E-state index is -0.0774. The Bertz CT molecular complexity index is 1460. The van der Waals surface area contributed by atoms with Gasteiger partial charge >= 0.3 is 0 Å². The number of rotatable bonds is 1. The van der Waals surface area contributed by atoms with Crippen molar-refractivity contribution in [2.75, 3.05) is 0 Å². The third-order valence-corrected chi connectivity index (χ3v) is 6.80. The predicted octanol–water partition coefficient (Wildman–Crippen LogP) is 4.10. The van der Waals surface area contributed by atoms with Crippen LogP contribution in [0.2, 0.25) is 0 Å². The summed E-state index contributed by atoms with van der Waals surface area (Å²) >= 11 is 1.77. The summed E-state index contributed by atoms with van der Waals surface area (Å²) in [6.45, 7) is 0. The molecule has 3 heterocycles. The molecule has 3 aromatic heterocycles. The number of aromatic nitrogens is 2. The lowest BCUT2D eigenvalue weighted by Gasteiger charge is -1.99. The minimum absolute atomic E-state index is 0.0774. The van der Waals surface area contributed by atoms with E-state index in [1.54, 1.807) is 11.3 Å². The zero-order valence-corrected chi connectivity index (χ0v) is 15.4. The van der Waals surface area contributed by atoms with E-state index < -0.39 is 0 Å². The fraction of sp³-hybridized carbons (Fsp3) is 0.130. The number of fused-ring (bicyclic) bond motifs is 7. The first-order chi connectivity index (χ1) is 13.3. The van der Waals surface area contributed by atoms with Crippen molar-refractivity contribution in [3.8, 4) is 0 Å². The molecule has 5 aromatic rings. The van der Waals surface area contributed by atoms with E-state index >= 15 is 0 Å².